The summed E-state index contributed by atoms with van der Waals surface area (Å²) in [6.07, 6.45) is 1.11. The second kappa shape index (κ2) is 7.12. The first kappa shape index (κ1) is 15.9. The summed E-state index contributed by atoms with van der Waals surface area (Å²) >= 11 is 0. The summed E-state index contributed by atoms with van der Waals surface area (Å²) in [5.41, 5.74) is 6.81. The predicted molar refractivity (Wildman–Crippen MR) is 103 cm³/mol. The molecule has 1 aliphatic rings. The monoisotopic (exact) mass is 329 g/mol. The van der Waals surface area contributed by atoms with Crippen molar-refractivity contribution in [3.05, 3.63) is 89.5 Å². The minimum atomic E-state index is 0.907. The maximum Gasteiger partial charge on any atom is 0.119 e. The van der Waals surface area contributed by atoms with Crippen LogP contribution in [0.4, 0.5) is 0 Å². The number of methoxy groups -OCH3 is 1. The Morgan fingerprint density at radius 3 is 2.52 bits per heavy atom. The Labute approximate surface area is 149 Å². The molecule has 1 heterocycles. The molecule has 0 radical (unpaired) electrons. The van der Waals surface area contributed by atoms with Gasteiger partial charge in [-0.25, -0.2) is 0 Å². The van der Waals surface area contributed by atoms with Gasteiger partial charge in [0.15, 0.2) is 0 Å². The van der Waals surface area contributed by atoms with Crippen LogP contribution in [0.5, 0.6) is 5.75 Å². The van der Waals surface area contributed by atoms with E-state index >= 15 is 0 Å². The molecule has 2 heteroatoms. The predicted octanol–water partition coefficient (Wildman–Crippen LogP) is 4.92. The maximum absolute atomic E-state index is 5.35. The third kappa shape index (κ3) is 3.59. The van der Waals surface area contributed by atoms with Gasteiger partial charge in [-0.1, -0.05) is 60.7 Å². The van der Waals surface area contributed by atoms with Gasteiger partial charge < -0.3 is 4.74 Å². The standard InChI is InChI=1S/C23H23NO/c1-25-23-9-5-8-19(15-23)20-10-11-22-17-24(13-12-21(22)14-20)16-18-6-3-2-4-7-18/h2-11,14-15H,12-13,16-17H2,1H3. The summed E-state index contributed by atoms with van der Waals surface area (Å²) < 4.78 is 5.35. The van der Waals surface area contributed by atoms with Crippen LogP contribution in [0.2, 0.25) is 0 Å². The van der Waals surface area contributed by atoms with Crippen molar-refractivity contribution < 1.29 is 4.74 Å². The van der Waals surface area contributed by atoms with E-state index in [0.29, 0.717) is 0 Å². The van der Waals surface area contributed by atoms with Crippen LogP contribution in [-0.4, -0.2) is 18.6 Å². The van der Waals surface area contributed by atoms with Crippen LogP contribution in [-0.2, 0) is 19.5 Å². The van der Waals surface area contributed by atoms with E-state index in [1.165, 1.54) is 27.8 Å². The Morgan fingerprint density at radius 2 is 1.68 bits per heavy atom. The molecule has 3 aromatic carbocycles. The number of nitrogens with zero attached hydrogens (tertiary/aromatic N) is 1. The number of hydrogen-bond donors (Lipinski definition) is 0. The first-order chi connectivity index (χ1) is 12.3. The zero-order valence-electron chi connectivity index (χ0n) is 14.6. The Morgan fingerprint density at radius 1 is 0.840 bits per heavy atom. The van der Waals surface area contributed by atoms with Crippen molar-refractivity contribution >= 4 is 0 Å². The largest absolute Gasteiger partial charge is 0.497 e. The average Bonchev–Trinajstić information content (AvgIpc) is 2.68. The molecular formula is C23H23NO. The maximum atomic E-state index is 5.35. The van der Waals surface area contributed by atoms with Crippen molar-refractivity contribution in [2.45, 2.75) is 19.5 Å². The van der Waals surface area contributed by atoms with Crippen molar-refractivity contribution in [3.8, 4) is 16.9 Å². The van der Waals surface area contributed by atoms with Gasteiger partial charge in [0.05, 0.1) is 7.11 Å². The molecule has 0 aliphatic carbocycles. The quantitative estimate of drug-likeness (QED) is 0.673. The fraction of sp³-hybridized carbons (Fsp3) is 0.217. The molecule has 0 unspecified atom stereocenters. The van der Waals surface area contributed by atoms with E-state index in [4.69, 9.17) is 4.74 Å². The molecule has 0 saturated heterocycles. The zero-order valence-corrected chi connectivity index (χ0v) is 14.6. The highest BCUT2D eigenvalue weighted by Gasteiger charge is 2.17. The van der Waals surface area contributed by atoms with Crippen molar-refractivity contribution in [3.63, 3.8) is 0 Å². The van der Waals surface area contributed by atoms with Gasteiger partial charge in [-0.15, -0.1) is 0 Å². The van der Waals surface area contributed by atoms with Gasteiger partial charge in [-0.3, -0.25) is 4.90 Å². The molecule has 126 valence electrons. The van der Waals surface area contributed by atoms with Crippen LogP contribution in [0, 0.1) is 0 Å². The molecule has 1 aliphatic heterocycles. The minimum absolute atomic E-state index is 0.907. The lowest BCUT2D eigenvalue weighted by atomic mass is 9.94. The van der Waals surface area contributed by atoms with Gasteiger partial charge in [0.1, 0.15) is 5.75 Å². The van der Waals surface area contributed by atoms with Crippen molar-refractivity contribution in [2.75, 3.05) is 13.7 Å². The summed E-state index contributed by atoms with van der Waals surface area (Å²) in [7, 11) is 1.72. The highest BCUT2D eigenvalue weighted by atomic mass is 16.5. The lowest BCUT2D eigenvalue weighted by molar-refractivity contribution is 0.245. The zero-order chi connectivity index (χ0) is 17.1. The number of fused-ring (bicyclic) bond motifs is 1. The van der Waals surface area contributed by atoms with Crippen LogP contribution >= 0.6 is 0 Å². The van der Waals surface area contributed by atoms with Crippen molar-refractivity contribution in [2.24, 2.45) is 0 Å². The summed E-state index contributed by atoms with van der Waals surface area (Å²) in [6.45, 7) is 3.17. The Kier molecular flexibility index (Phi) is 4.53. The second-order valence-electron chi connectivity index (χ2n) is 6.66. The molecule has 0 fully saturated rings. The summed E-state index contributed by atoms with van der Waals surface area (Å²) in [5, 5.41) is 0. The third-order valence-corrected chi connectivity index (χ3v) is 4.95. The molecule has 0 saturated carbocycles. The Bertz CT molecular complexity index is 857. The van der Waals surface area contributed by atoms with E-state index < -0.39 is 0 Å². The molecule has 0 atom stereocenters. The number of ether oxygens (including phenoxy) is 1. The van der Waals surface area contributed by atoms with Crippen LogP contribution in [0.1, 0.15) is 16.7 Å². The van der Waals surface area contributed by atoms with E-state index in [0.717, 1.165) is 31.8 Å². The van der Waals surface area contributed by atoms with E-state index in [-0.39, 0.29) is 0 Å². The molecular weight excluding hydrogens is 306 g/mol. The summed E-state index contributed by atoms with van der Waals surface area (Å²) in [6, 6.07) is 25.9. The van der Waals surface area contributed by atoms with Crippen molar-refractivity contribution in [1.29, 1.82) is 0 Å². The lowest BCUT2D eigenvalue weighted by Crippen LogP contribution is -2.30. The lowest BCUT2D eigenvalue weighted by Gasteiger charge is -2.29. The van der Waals surface area contributed by atoms with Gasteiger partial charge >= 0.3 is 0 Å². The van der Waals surface area contributed by atoms with Crippen LogP contribution < -0.4 is 4.74 Å². The molecule has 3 aromatic rings. The van der Waals surface area contributed by atoms with Crippen LogP contribution in [0.15, 0.2) is 72.8 Å². The number of rotatable bonds is 4. The molecule has 0 N–H and O–H groups in total. The van der Waals surface area contributed by atoms with Crippen LogP contribution in [0.25, 0.3) is 11.1 Å². The molecule has 4 rings (SSSR count). The molecule has 25 heavy (non-hydrogen) atoms. The van der Waals surface area contributed by atoms with Crippen LogP contribution in [0.3, 0.4) is 0 Å². The SMILES string of the molecule is COc1cccc(-c2ccc3c(c2)CCN(Cc2ccccc2)C3)c1. The highest BCUT2D eigenvalue weighted by Crippen LogP contribution is 2.28. The van der Waals surface area contributed by atoms with Crippen molar-refractivity contribution in [1.82, 2.24) is 4.90 Å². The molecule has 2 nitrogen and oxygen atoms in total. The number of benzene rings is 3. The fourth-order valence-corrected chi connectivity index (χ4v) is 3.57. The summed E-state index contributed by atoms with van der Waals surface area (Å²) in [5.74, 6) is 0.907. The van der Waals surface area contributed by atoms with Gasteiger partial charge in [0.2, 0.25) is 0 Å². The third-order valence-electron chi connectivity index (χ3n) is 4.95. The first-order valence-electron chi connectivity index (χ1n) is 8.84. The highest BCUT2D eigenvalue weighted by molar-refractivity contribution is 5.66. The molecule has 0 spiro atoms. The smallest absolute Gasteiger partial charge is 0.119 e. The molecule has 0 amide bonds. The van der Waals surface area contributed by atoms with Gasteiger partial charge in [0.25, 0.3) is 0 Å². The first-order valence-corrected chi connectivity index (χ1v) is 8.84. The van der Waals surface area contributed by atoms with E-state index in [9.17, 15) is 0 Å². The van der Waals surface area contributed by atoms with Gasteiger partial charge in [-0.05, 0) is 46.4 Å². The Hall–Kier alpha value is -2.58. The summed E-state index contributed by atoms with van der Waals surface area (Å²) in [4.78, 5) is 2.53. The van der Waals surface area contributed by atoms with Gasteiger partial charge in [-0.2, -0.15) is 0 Å². The van der Waals surface area contributed by atoms with E-state index in [1.807, 2.05) is 6.07 Å². The van der Waals surface area contributed by atoms with Gasteiger partial charge in [0, 0.05) is 19.6 Å². The minimum Gasteiger partial charge on any atom is -0.497 e. The normalized spacial score (nSPS) is 14.1. The average molecular weight is 329 g/mol. The number of hydrogen-bond acceptors (Lipinski definition) is 2. The molecule has 0 aromatic heterocycles. The van der Waals surface area contributed by atoms with E-state index in [2.05, 4.69) is 71.6 Å². The molecule has 0 bridgehead atoms. The second-order valence-corrected chi connectivity index (χ2v) is 6.66. The topological polar surface area (TPSA) is 12.5 Å². The Balaban J connectivity index is 1.53. The fourth-order valence-electron chi connectivity index (χ4n) is 3.57. The van der Waals surface area contributed by atoms with E-state index in [1.54, 1.807) is 7.11 Å².